The minimum absolute atomic E-state index is 0.133. The predicted molar refractivity (Wildman–Crippen MR) is 94.8 cm³/mol. The fourth-order valence-corrected chi connectivity index (χ4v) is 4.06. The summed E-state index contributed by atoms with van der Waals surface area (Å²) in [6, 6.07) is 4.71. The highest BCUT2D eigenvalue weighted by Gasteiger charge is 2.39. The smallest absolute Gasteiger partial charge is 0.240 e. The highest BCUT2D eigenvalue weighted by Crippen LogP contribution is 2.38. The van der Waals surface area contributed by atoms with Crippen molar-refractivity contribution in [2.45, 2.75) is 44.6 Å². The third kappa shape index (κ3) is 2.85. The number of rotatable bonds is 4. The van der Waals surface area contributed by atoms with Gasteiger partial charge in [-0.25, -0.2) is 13.1 Å². The van der Waals surface area contributed by atoms with Gasteiger partial charge in [0.15, 0.2) is 0 Å². The number of carbonyl (C=O) groups excluding carboxylic acids is 1. The lowest BCUT2D eigenvalue weighted by Crippen LogP contribution is -2.27. The summed E-state index contributed by atoms with van der Waals surface area (Å²) in [5, 5.41) is 7.07. The number of nitrogens with zero attached hydrogens (tertiary/aromatic N) is 2. The van der Waals surface area contributed by atoms with Gasteiger partial charge in [0.2, 0.25) is 15.9 Å². The number of anilines is 1. The highest BCUT2D eigenvalue weighted by atomic mass is 32.2. The van der Waals surface area contributed by atoms with Crippen molar-refractivity contribution in [1.82, 2.24) is 14.5 Å². The van der Waals surface area contributed by atoms with Crippen LogP contribution in [0.4, 0.5) is 5.69 Å². The summed E-state index contributed by atoms with van der Waals surface area (Å²) in [6.45, 7) is 7.48. The Balaban J connectivity index is 1.89. The molecule has 0 radical (unpaired) electrons. The third-order valence-electron chi connectivity index (χ3n) is 4.89. The molecule has 0 saturated carbocycles. The zero-order chi connectivity index (χ0) is 18.6. The van der Waals surface area contributed by atoms with Crippen molar-refractivity contribution < 1.29 is 13.2 Å². The molecule has 0 bridgehead atoms. The molecule has 0 unspecified atom stereocenters. The summed E-state index contributed by atoms with van der Waals surface area (Å²) in [6.07, 6.45) is 0. The first-order valence-electron chi connectivity index (χ1n) is 7.99. The Morgan fingerprint density at radius 3 is 2.56 bits per heavy atom. The van der Waals surface area contributed by atoms with Crippen LogP contribution in [0.3, 0.4) is 0 Å². The number of amides is 1. The number of carbonyl (C=O) groups is 1. The van der Waals surface area contributed by atoms with Gasteiger partial charge in [-0.05, 0) is 51.5 Å². The number of fused-ring (bicyclic) bond motifs is 1. The molecule has 2 N–H and O–H groups in total. The van der Waals surface area contributed by atoms with E-state index in [0.29, 0.717) is 11.3 Å². The molecule has 134 valence electrons. The maximum atomic E-state index is 12.7. The van der Waals surface area contributed by atoms with E-state index in [2.05, 4.69) is 15.1 Å². The molecule has 3 rings (SSSR count). The Morgan fingerprint density at radius 1 is 1.28 bits per heavy atom. The fourth-order valence-electron chi connectivity index (χ4n) is 3.04. The molecular formula is C17H22N4O3S. The van der Waals surface area contributed by atoms with Crippen molar-refractivity contribution in [3.8, 4) is 0 Å². The van der Waals surface area contributed by atoms with Crippen LogP contribution < -0.4 is 10.0 Å². The molecule has 1 aliphatic heterocycles. The normalized spacial score (nSPS) is 16.0. The Hall–Kier alpha value is -2.19. The Labute approximate surface area is 147 Å². The van der Waals surface area contributed by atoms with E-state index in [4.69, 9.17) is 0 Å². The molecule has 1 amide bonds. The molecule has 0 spiro atoms. The Kier molecular flexibility index (Phi) is 4.00. The molecule has 25 heavy (non-hydrogen) atoms. The fraction of sp³-hybridized carbons (Fsp3) is 0.412. The predicted octanol–water partition coefficient (Wildman–Crippen LogP) is 1.75. The lowest BCUT2D eigenvalue weighted by molar-refractivity contribution is -0.119. The first-order chi connectivity index (χ1) is 11.5. The number of hydrogen-bond acceptors (Lipinski definition) is 4. The second-order valence-corrected chi connectivity index (χ2v) is 8.65. The SMILES string of the molecule is Cc1nn(C)c(C)c1CNS(=O)(=O)c1ccc2c(c1)C(C)(C)C(=O)N2. The van der Waals surface area contributed by atoms with Gasteiger partial charge in [-0.3, -0.25) is 9.48 Å². The highest BCUT2D eigenvalue weighted by molar-refractivity contribution is 7.89. The molecule has 7 nitrogen and oxygen atoms in total. The van der Waals surface area contributed by atoms with Gasteiger partial charge in [0.1, 0.15) is 0 Å². The minimum atomic E-state index is -3.70. The first kappa shape index (κ1) is 17.6. The maximum Gasteiger partial charge on any atom is 0.240 e. The number of benzene rings is 1. The van der Waals surface area contributed by atoms with Crippen LogP contribution in [0.1, 0.15) is 36.4 Å². The van der Waals surface area contributed by atoms with Crippen LogP contribution in [-0.2, 0) is 33.8 Å². The summed E-state index contributed by atoms with van der Waals surface area (Å²) >= 11 is 0. The Morgan fingerprint density at radius 2 is 1.96 bits per heavy atom. The van der Waals surface area contributed by atoms with Gasteiger partial charge >= 0.3 is 0 Å². The summed E-state index contributed by atoms with van der Waals surface area (Å²) < 4.78 is 29.7. The molecule has 8 heteroatoms. The summed E-state index contributed by atoms with van der Waals surface area (Å²) in [5.41, 5.74) is 3.18. The monoisotopic (exact) mass is 362 g/mol. The zero-order valence-electron chi connectivity index (χ0n) is 15.0. The molecule has 1 aromatic heterocycles. The average Bonchev–Trinajstić information content (AvgIpc) is 2.90. The summed E-state index contributed by atoms with van der Waals surface area (Å²) in [7, 11) is -1.87. The number of aryl methyl sites for hydroxylation is 2. The Bertz CT molecular complexity index is 974. The van der Waals surface area contributed by atoms with E-state index >= 15 is 0 Å². The van der Waals surface area contributed by atoms with Crippen molar-refractivity contribution in [2.24, 2.45) is 7.05 Å². The van der Waals surface area contributed by atoms with Crippen molar-refractivity contribution >= 4 is 21.6 Å². The van der Waals surface area contributed by atoms with Crippen LogP contribution in [0, 0.1) is 13.8 Å². The maximum absolute atomic E-state index is 12.7. The first-order valence-corrected chi connectivity index (χ1v) is 9.47. The van der Waals surface area contributed by atoms with Crippen molar-refractivity contribution in [2.75, 3.05) is 5.32 Å². The largest absolute Gasteiger partial charge is 0.325 e. The minimum Gasteiger partial charge on any atom is -0.325 e. The van der Waals surface area contributed by atoms with Crippen LogP contribution in [0.2, 0.25) is 0 Å². The van der Waals surface area contributed by atoms with Gasteiger partial charge < -0.3 is 5.32 Å². The van der Waals surface area contributed by atoms with E-state index in [1.807, 2.05) is 20.9 Å². The number of aromatic nitrogens is 2. The van der Waals surface area contributed by atoms with Crippen LogP contribution >= 0.6 is 0 Å². The number of sulfonamides is 1. The molecule has 2 aromatic rings. The lowest BCUT2D eigenvalue weighted by atomic mass is 9.86. The number of nitrogens with one attached hydrogen (secondary N) is 2. The topological polar surface area (TPSA) is 93.1 Å². The van der Waals surface area contributed by atoms with E-state index in [9.17, 15) is 13.2 Å². The standard InChI is InChI=1S/C17H22N4O3S/c1-10-13(11(2)21(5)20-10)9-18-25(23,24)12-6-7-15-14(8-12)17(3,4)16(22)19-15/h6-8,18H,9H2,1-5H3,(H,19,22). The second kappa shape index (κ2) is 5.67. The molecule has 1 aliphatic rings. The van der Waals surface area contributed by atoms with E-state index in [-0.39, 0.29) is 17.3 Å². The summed E-state index contributed by atoms with van der Waals surface area (Å²) in [5.74, 6) is -0.133. The molecule has 0 fully saturated rings. The van der Waals surface area contributed by atoms with Crippen LogP contribution in [0.25, 0.3) is 0 Å². The van der Waals surface area contributed by atoms with Crippen LogP contribution in [-0.4, -0.2) is 24.1 Å². The second-order valence-electron chi connectivity index (χ2n) is 6.88. The number of hydrogen-bond donors (Lipinski definition) is 2. The van der Waals surface area contributed by atoms with Crippen molar-refractivity contribution in [3.05, 3.63) is 40.7 Å². The molecule has 2 heterocycles. The van der Waals surface area contributed by atoms with Crippen LogP contribution in [0.5, 0.6) is 0 Å². The van der Waals surface area contributed by atoms with E-state index < -0.39 is 15.4 Å². The van der Waals surface area contributed by atoms with E-state index in [1.54, 1.807) is 30.7 Å². The van der Waals surface area contributed by atoms with Gasteiger partial charge in [0, 0.05) is 30.5 Å². The van der Waals surface area contributed by atoms with Crippen LogP contribution in [0.15, 0.2) is 23.1 Å². The van der Waals surface area contributed by atoms with Crippen molar-refractivity contribution in [1.29, 1.82) is 0 Å². The molecule has 1 aromatic carbocycles. The van der Waals surface area contributed by atoms with E-state index in [0.717, 1.165) is 17.0 Å². The summed E-state index contributed by atoms with van der Waals surface area (Å²) in [4.78, 5) is 12.2. The quantitative estimate of drug-likeness (QED) is 0.866. The third-order valence-corrected chi connectivity index (χ3v) is 6.29. The molecule has 0 aliphatic carbocycles. The van der Waals surface area contributed by atoms with Gasteiger partial charge in [0.25, 0.3) is 0 Å². The van der Waals surface area contributed by atoms with E-state index in [1.165, 1.54) is 6.07 Å². The zero-order valence-corrected chi connectivity index (χ0v) is 15.8. The molecule has 0 saturated heterocycles. The molecule has 0 atom stereocenters. The average molecular weight is 362 g/mol. The lowest BCUT2D eigenvalue weighted by Gasteiger charge is -2.16. The molecular weight excluding hydrogens is 340 g/mol. The van der Waals surface area contributed by atoms with Gasteiger partial charge in [-0.15, -0.1) is 0 Å². The van der Waals surface area contributed by atoms with Gasteiger partial charge in [-0.2, -0.15) is 5.10 Å². The van der Waals surface area contributed by atoms with Crippen molar-refractivity contribution in [3.63, 3.8) is 0 Å². The van der Waals surface area contributed by atoms with Gasteiger partial charge in [0.05, 0.1) is 16.0 Å². The van der Waals surface area contributed by atoms with Gasteiger partial charge in [-0.1, -0.05) is 0 Å².